The highest BCUT2D eigenvalue weighted by Crippen LogP contribution is 2.31. The second kappa shape index (κ2) is 6.04. The molecule has 0 fully saturated rings. The lowest BCUT2D eigenvalue weighted by Crippen LogP contribution is -2.11. The van der Waals surface area contributed by atoms with E-state index in [9.17, 15) is 8.42 Å². The van der Waals surface area contributed by atoms with Gasteiger partial charge < -0.3 is 18.2 Å². The molecule has 0 spiro atoms. The van der Waals surface area contributed by atoms with Crippen molar-refractivity contribution in [2.45, 2.75) is 4.90 Å². The number of rotatable bonds is 5. The van der Waals surface area contributed by atoms with Crippen LogP contribution in [-0.2, 0) is 17.2 Å². The minimum Gasteiger partial charge on any atom is -0.497 e. The number of benzene rings is 2. The average Bonchev–Trinajstić information content (AvgIpc) is 2.94. The van der Waals surface area contributed by atoms with Crippen molar-refractivity contribution in [3.05, 3.63) is 42.7 Å². The van der Waals surface area contributed by atoms with Crippen LogP contribution in [0.5, 0.6) is 17.2 Å². The monoisotopic (exact) mass is 348 g/mol. The second-order valence-corrected chi connectivity index (χ2v) is 6.57. The number of hydrogen-bond acceptors (Lipinski definition) is 6. The fourth-order valence-corrected chi connectivity index (χ4v) is 3.42. The zero-order valence-electron chi connectivity index (χ0n) is 13.4. The number of ether oxygens (including phenoxy) is 2. The number of hydrogen-bond donors (Lipinski definition) is 0. The Labute approximate surface area is 139 Å². The summed E-state index contributed by atoms with van der Waals surface area (Å²) in [5, 5.41) is 0. The van der Waals surface area contributed by atoms with E-state index in [2.05, 4.69) is 4.98 Å². The Bertz CT molecular complexity index is 995. The number of methoxy groups -OCH3 is 2. The van der Waals surface area contributed by atoms with Gasteiger partial charge in [-0.2, -0.15) is 8.42 Å². The summed E-state index contributed by atoms with van der Waals surface area (Å²) >= 11 is 0. The van der Waals surface area contributed by atoms with Crippen LogP contribution in [-0.4, -0.2) is 32.2 Å². The molecular weight excluding hydrogens is 332 g/mol. The standard InChI is InChI=1S/C16H16N2O5S/c1-18-10-17-13-8-12(4-6-14(13)18)23-24(19,20)16-9-11(21-2)5-7-15(16)22-3/h4-10H,1-3H3. The highest BCUT2D eigenvalue weighted by Gasteiger charge is 2.23. The number of aryl methyl sites for hydroxylation is 1. The molecule has 0 unspecified atom stereocenters. The maximum atomic E-state index is 12.6. The van der Waals surface area contributed by atoms with Crippen LogP contribution in [0.3, 0.4) is 0 Å². The number of fused-ring (bicyclic) bond motifs is 1. The molecule has 8 heteroatoms. The summed E-state index contributed by atoms with van der Waals surface area (Å²) in [7, 11) is 0.607. The minimum absolute atomic E-state index is 0.106. The molecule has 3 rings (SSSR count). The van der Waals surface area contributed by atoms with Gasteiger partial charge >= 0.3 is 10.1 Å². The van der Waals surface area contributed by atoms with E-state index in [1.165, 1.54) is 26.4 Å². The molecule has 0 radical (unpaired) electrons. The van der Waals surface area contributed by atoms with Crippen molar-refractivity contribution >= 4 is 21.2 Å². The molecule has 0 amide bonds. The zero-order valence-corrected chi connectivity index (χ0v) is 14.2. The molecule has 0 N–H and O–H groups in total. The van der Waals surface area contributed by atoms with Crippen LogP contribution in [0.1, 0.15) is 0 Å². The third kappa shape index (κ3) is 2.88. The van der Waals surface area contributed by atoms with E-state index in [-0.39, 0.29) is 16.4 Å². The SMILES string of the molecule is COc1ccc(OC)c(S(=O)(=O)Oc2ccc3c(c2)ncn3C)c1. The molecule has 24 heavy (non-hydrogen) atoms. The topological polar surface area (TPSA) is 79.7 Å². The Balaban J connectivity index is 2.00. The van der Waals surface area contributed by atoms with Crippen LogP contribution in [0.15, 0.2) is 47.6 Å². The van der Waals surface area contributed by atoms with E-state index in [0.29, 0.717) is 11.3 Å². The summed E-state index contributed by atoms with van der Waals surface area (Å²) in [5.41, 5.74) is 1.52. The first-order chi connectivity index (χ1) is 11.4. The molecule has 2 aromatic carbocycles. The Morgan fingerprint density at radius 3 is 2.46 bits per heavy atom. The summed E-state index contributed by atoms with van der Waals surface area (Å²) in [6.45, 7) is 0. The highest BCUT2D eigenvalue weighted by atomic mass is 32.2. The molecule has 1 aromatic heterocycles. The van der Waals surface area contributed by atoms with Crippen molar-refractivity contribution in [1.82, 2.24) is 9.55 Å². The van der Waals surface area contributed by atoms with E-state index < -0.39 is 10.1 Å². The van der Waals surface area contributed by atoms with Crippen molar-refractivity contribution < 1.29 is 22.1 Å². The van der Waals surface area contributed by atoms with Crippen LogP contribution in [0, 0.1) is 0 Å². The minimum atomic E-state index is -4.09. The van der Waals surface area contributed by atoms with Gasteiger partial charge in [-0.3, -0.25) is 0 Å². The summed E-state index contributed by atoms with van der Waals surface area (Å²) < 4.78 is 42.5. The summed E-state index contributed by atoms with van der Waals surface area (Å²) in [4.78, 5) is 4.08. The first-order valence-corrected chi connectivity index (χ1v) is 8.43. The van der Waals surface area contributed by atoms with Gasteiger partial charge in [0.25, 0.3) is 0 Å². The van der Waals surface area contributed by atoms with Gasteiger partial charge in [0.1, 0.15) is 17.2 Å². The van der Waals surface area contributed by atoms with Crippen LogP contribution < -0.4 is 13.7 Å². The smallest absolute Gasteiger partial charge is 0.343 e. The summed E-state index contributed by atoms with van der Waals surface area (Å²) in [5.74, 6) is 0.735. The van der Waals surface area contributed by atoms with Crippen molar-refractivity contribution in [2.75, 3.05) is 14.2 Å². The van der Waals surface area contributed by atoms with Gasteiger partial charge in [-0.1, -0.05) is 0 Å². The van der Waals surface area contributed by atoms with Gasteiger partial charge in [-0.15, -0.1) is 0 Å². The first-order valence-electron chi connectivity index (χ1n) is 7.02. The van der Waals surface area contributed by atoms with Crippen molar-refractivity contribution in [3.8, 4) is 17.2 Å². The lowest BCUT2D eigenvalue weighted by atomic mass is 10.3. The predicted octanol–water partition coefficient (Wildman–Crippen LogP) is 2.36. The van der Waals surface area contributed by atoms with E-state index in [1.54, 1.807) is 30.6 Å². The fraction of sp³-hybridized carbons (Fsp3) is 0.188. The normalized spacial score (nSPS) is 11.5. The Hall–Kier alpha value is -2.74. The predicted molar refractivity (Wildman–Crippen MR) is 88.1 cm³/mol. The number of nitrogens with zero attached hydrogens (tertiary/aromatic N) is 2. The highest BCUT2D eigenvalue weighted by molar-refractivity contribution is 7.87. The van der Waals surface area contributed by atoms with Crippen LogP contribution >= 0.6 is 0 Å². The third-order valence-corrected chi connectivity index (χ3v) is 4.81. The van der Waals surface area contributed by atoms with Crippen LogP contribution in [0.25, 0.3) is 11.0 Å². The van der Waals surface area contributed by atoms with Gasteiger partial charge in [0.2, 0.25) is 0 Å². The molecule has 0 bridgehead atoms. The van der Waals surface area contributed by atoms with Gasteiger partial charge in [0.15, 0.2) is 4.90 Å². The lowest BCUT2D eigenvalue weighted by molar-refractivity contribution is 0.388. The first kappa shape index (κ1) is 16.1. The van der Waals surface area contributed by atoms with Crippen LogP contribution in [0.4, 0.5) is 0 Å². The number of aromatic nitrogens is 2. The van der Waals surface area contributed by atoms with E-state index >= 15 is 0 Å². The molecule has 0 atom stereocenters. The van der Waals surface area contributed by atoms with E-state index in [4.69, 9.17) is 13.7 Å². The third-order valence-electron chi connectivity index (χ3n) is 3.54. The molecule has 0 saturated heterocycles. The molecule has 0 saturated carbocycles. The Morgan fingerprint density at radius 1 is 1.00 bits per heavy atom. The largest absolute Gasteiger partial charge is 0.497 e. The van der Waals surface area contributed by atoms with E-state index in [1.807, 2.05) is 11.6 Å². The van der Waals surface area contributed by atoms with Crippen molar-refractivity contribution in [3.63, 3.8) is 0 Å². The molecule has 0 aliphatic carbocycles. The molecule has 0 aliphatic rings. The number of imidazole rings is 1. The van der Waals surface area contributed by atoms with Crippen molar-refractivity contribution in [2.24, 2.45) is 7.05 Å². The van der Waals surface area contributed by atoms with Gasteiger partial charge in [-0.05, 0) is 24.3 Å². The zero-order chi connectivity index (χ0) is 17.3. The Kier molecular flexibility index (Phi) is 4.06. The average molecular weight is 348 g/mol. The fourth-order valence-electron chi connectivity index (χ4n) is 2.32. The van der Waals surface area contributed by atoms with Gasteiger partial charge in [0.05, 0.1) is 31.6 Å². The quantitative estimate of drug-likeness (QED) is 0.659. The second-order valence-electron chi connectivity index (χ2n) is 5.06. The van der Waals surface area contributed by atoms with Crippen molar-refractivity contribution in [1.29, 1.82) is 0 Å². The molecule has 3 aromatic rings. The van der Waals surface area contributed by atoms with Gasteiger partial charge in [-0.25, -0.2) is 4.98 Å². The maximum Gasteiger partial charge on any atom is 0.343 e. The van der Waals surface area contributed by atoms with E-state index in [0.717, 1.165) is 5.52 Å². The Morgan fingerprint density at radius 2 is 1.75 bits per heavy atom. The molecule has 1 heterocycles. The van der Waals surface area contributed by atoms with Gasteiger partial charge in [0, 0.05) is 19.2 Å². The maximum absolute atomic E-state index is 12.6. The molecule has 7 nitrogen and oxygen atoms in total. The lowest BCUT2D eigenvalue weighted by Gasteiger charge is -2.12. The summed E-state index contributed by atoms with van der Waals surface area (Å²) in [6, 6.07) is 9.37. The molecule has 126 valence electrons. The molecule has 0 aliphatic heterocycles. The molecular formula is C16H16N2O5S. The van der Waals surface area contributed by atoms with Crippen LogP contribution in [0.2, 0.25) is 0 Å². The summed E-state index contributed by atoms with van der Waals surface area (Å²) in [6.07, 6.45) is 1.65.